The van der Waals surface area contributed by atoms with Gasteiger partial charge in [0.2, 0.25) is 5.91 Å². The van der Waals surface area contributed by atoms with Crippen molar-refractivity contribution in [1.29, 1.82) is 0 Å². The second-order valence-electron chi connectivity index (χ2n) is 5.23. The Bertz CT molecular complexity index is 662. The van der Waals surface area contributed by atoms with Gasteiger partial charge in [-0.25, -0.2) is 4.68 Å². The second kappa shape index (κ2) is 6.67. The van der Waals surface area contributed by atoms with Crippen LogP contribution in [0.5, 0.6) is 0 Å². The summed E-state index contributed by atoms with van der Waals surface area (Å²) in [5.74, 6) is -0.0938. The monoisotopic (exact) mass is 305 g/mol. The Morgan fingerprint density at radius 1 is 1.33 bits per heavy atom. The van der Waals surface area contributed by atoms with Crippen LogP contribution in [-0.4, -0.2) is 22.2 Å². The summed E-state index contributed by atoms with van der Waals surface area (Å²) in [6, 6.07) is 6.96. The van der Waals surface area contributed by atoms with Crippen LogP contribution in [0.15, 0.2) is 34.4 Å². The molecule has 2 aromatic rings. The molecule has 0 aliphatic carbocycles. The molecule has 5 nitrogen and oxygen atoms in total. The van der Waals surface area contributed by atoms with Crippen LogP contribution in [0.25, 0.3) is 10.6 Å². The van der Waals surface area contributed by atoms with Gasteiger partial charge in [0.15, 0.2) is 0 Å². The average Bonchev–Trinajstić information content (AvgIpc) is 2.98. The number of hydrogen-bond acceptors (Lipinski definition) is 4. The van der Waals surface area contributed by atoms with Crippen LogP contribution >= 0.6 is 11.3 Å². The highest BCUT2D eigenvalue weighted by molar-refractivity contribution is 7.13. The minimum Gasteiger partial charge on any atom is -0.354 e. The van der Waals surface area contributed by atoms with Crippen LogP contribution in [0, 0.1) is 5.92 Å². The lowest BCUT2D eigenvalue weighted by molar-refractivity contribution is -0.124. The number of carbonyl (C=O) groups excluding carboxylic acids is 1. The van der Waals surface area contributed by atoms with Gasteiger partial charge in [-0.05, 0) is 24.4 Å². The number of rotatable bonds is 5. The Kier molecular flexibility index (Phi) is 4.90. The summed E-state index contributed by atoms with van der Waals surface area (Å²) in [6.07, 6.45) is 0. The lowest BCUT2D eigenvalue weighted by Crippen LogP contribution is -2.36. The van der Waals surface area contributed by atoms with Crippen LogP contribution in [0.4, 0.5) is 0 Å². The van der Waals surface area contributed by atoms with Crippen molar-refractivity contribution < 1.29 is 4.79 Å². The van der Waals surface area contributed by atoms with Crippen molar-refractivity contribution in [3.8, 4) is 10.6 Å². The Hall–Kier alpha value is -1.95. The molecule has 1 amide bonds. The first-order valence-corrected chi connectivity index (χ1v) is 7.78. The number of carbonyl (C=O) groups is 1. The first kappa shape index (κ1) is 15.4. The van der Waals surface area contributed by atoms with Crippen molar-refractivity contribution >= 4 is 17.2 Å². The van der Waals surface area contributed by atoms with Crippen molar-refractivity contribution in [3.63, 3.8) is 0 Å². The number of nitrogens with zero attached hydrogens (tertiary/aromatic N) is 2. The number of nitrogens with one attached hydrogen (secondary N) is 1. The fourth-order valence-corrected chi connectivity index (χ4v) is 2.53. The quantitative estimate of drug-likeness (QED) is 0.922. The van der Waals surface area contributed by atoms with E-state index in [1.165, 1.54) is 10.7 Å². The van der Waals surface area contributed by atoms with Gasteiger partial charge in [-0.2, -0.15) is 5.10 Å². The maximum Gasteiger partial charge on any atom is 0.267 e. The molecule has 0 aliphatic rings. The van der Waals surface area contributed by atoms with Crippen molar-refractivity contribution in [2.24, 2.45) is 5.92 Å². The highest BCUT2D eigenvalue weighted by atomic mass is 32.1. The molecule has 1 N–H and O–H groups in total. The van der Waals surface area contributed by atoms with E-state index in [-0.39, 0.29) is 23.4 Å². The molecule has 2 heterocycles. The molecule has 0 spiro atoms. The molecular weight excluding hydrogens is 286 g/mol. The normalized spacial score (nSPS) is 12.4. The van der Waals surface area contributed by atoms with E-state index in [4.69, 9.17) is 0 Å². The van der Waals surface area contributed by atoms with Crippen LogP contribution in [0.3, 0.4) is 0 Å². The van der Waals surface area contributed by atoms with Crippen LogP contribution in [0.1, 0.15) is 26.8 Å². The van der Waals surface area contributed by atoms with E-state index in [0.717, 1.165) is 10.6 Å². The zero-order valence-electron chi connectivity index (χ0n) is 12.4. The molecule has 6 heteroatoms. The van der Waals surface area contributed by atoms with Gasteiger partial charge in [-0.3, -0.25) is 9.59 Å². The maximum absolute atomic E-state index is 12.0. The Morgan fingerprint density at radius 2 is 2.10 bits per heavy atom. The summed E-state index contributed by atoms with van der Waals surface area (Å²) in [7, 11) is 0. The Labute approximate surface area is 127 Å². The van der Waals surface area contributed by atoms with Gasteiger partial charge in [-0.15, -0.1) is 11.3 Å². The van der Waals surface area contributed by atoms with Gasteiger partial charge < -0.3 is 5.32 Å². The molecule has 0 bridgehead atoms. The zero-order chi connectivity index (χ0) is 15.4. The SMILES string of the molecule is CC(C)C(=O)NCC(C)n1nc(-c2cccs2)ccc1=O. The van der Waals surface area contributed by atoms with E-state index in [0.29, 0.717) is 6.54 Å². The molecule has 0 radical (unpaired) electrons. The van der Waals surface area contributed by atoms with Crippen molar-refractivity contribution in [2.75, 3.05) is 6.54 Å². The van der Waals surface area contributed by atoms with Gasteiger partial charge in [0.25, 0.3) is 5.56 Å². The predicted molar refractivity (Wildman–Crippen MR) is 84.4 cm³/mol. The van der Waals surface area contributed by atoms with Crippen LogP contribution in [-0.2, 0) is 4.79 Å². The summed E-state index contributed by atoms with van der Waals surface area (Å²) in [5.41, 5.74) is 0.605. The third-order valence-corrected chi connectivity index (χ3v) is 4.00. The zero-order valence-corrected chi connectivity index (χ0v) is 13.2. The molecule has 1 atom stereocenters. The first-order chi connectivity index (χ1) is 9.99. The minimum absolute atomic E-state index is 0.0238. The van der Waals surface area contributed by atoms with E-state index in [1.54, 1.807) is 17.4 Å². The third kappa shape index (κ3) is 3.78. The van der Waals surface area contributed by atoms with Gasteiger partial charge in [0.05, 0.1) is 10.9 Å². The lowest BCUT2D eigenvalue weighted by atomic mass is 10.2. The molecule has 2 rings (SSSR count). The molecular formula is C15H19N3O2S. The van der Waals surface area contributed by atoms with Gasteiger partial charge in [0, 0.05) is 18.5 Å². The first-order valence-electron chi connectivity index (χ1n) is 6.90. The maximum atomic E-state index is 12.0. The van der Waals surface area contributed by atoms with E-state index in [9.17, 15) is 9.59 Å². The van der Waals surface area contributed by atoms with Crippen LogP contribution < -0.4 is 10.9 Å². The average molecular weight is 305 g/mol. The van der Waals surface area contributed by atoms with Crippen molar-refractivity contribution in [3.05, 3.63) is 40.0 Å². The highest BCUT2D eigenvalue weighted by Gasteiger charge is 2.13. The Balaban J connectivity index is 2.17. The smallest absolute Gasteiger partial charge is 0.267 e. The van der Waals surface area contributed by atoms with E-state index >= 15 is 0 Å². The topological polar surface area (TPSA) is 64.0 Å². The largest absolute Gasteiger partial charge is 0.354 e. The van der Waals surface area contributed by atoms with E-state index in [2.05, 4.69) is 10.4 Å². The predicted octanol–water partition coefficient (Wildman–Crippen LogP) is 2.30. The molecule has 1 unspecified atom stereocenters. The molecule has 0 fully saturated rings. The fourth-order valence-electron chi connectivity index (χ4n) is 1.84. The van der Waals surface area contributed by atoms with E-state index in [1.807, 2.05) is 38.3 Å². The molecule has 2 aromatic heterocycles. The Morgan fingerprint density at radius 3 is 2.71 bits per heavy atom. The minimum atomic E-state index is -0.194. The van der Waals surface area contributed by atoms with Gasteiger partial charge in [0.1, 0.15) is 5.69 Å². The molecule has 0 saturated heterocycles. The second-order valence-corrected chi connectivity index (χ2v) is 6.18. The summed E-state index contributed by atoms with van der Waals surface area (Å²) >= 11 is 1.58. The molecule has 21 heavy (non-hydrogen) atoms. The molecule has 0 saturated carbocycles. The third-order valence-electron chi connectivity index (χ3n) is 3.11. The molecule has 112 valence electrons. The number of thiophene rings is 1. The van der Waals surface area contributed by atoms with Crippen molar-refractivity contribution in [1.82, 2.24) is 15.1 Å². The molecule has 0 aliphatic heterocycles. The van der Waals surface area contributed by atoms with Gasteiger partial charge >= 0.3 is 0 Å². The summed E-state index contributed by atoms with van der Waals surface area (Å²) in [6.45, 7) is 5.93. The van der Waals surface area contributed by atoms with Crippen molar-refractivity contribution in [2.45, 2.75) is 26.8 Å². The fraction of sp³-hybridized carbons (Fsp3) is 0.400. The summed E-state index contributed by atoms with van der Waals surface area (Å²) in [5, 5.41) is 9.20. The standard InChI is InChI=1S/C15H19N3O2S/c1-10(2)15(20)16-9-11(3)18-14(19)7-6-12(17-18)13-5-4-8-21-13/h4-8,10-11H,9H2,1-3H3,(H,16,20). The lowest BCUT2D eigenvalue weighted by Gasteiger charge is -2.16. The molecule has 0 aromatic carbocycles. The van der Waals surface area contributed by atoms with Gasteiger partial charge in [-0.1, -0.05) is 19.9 Å². The number of hydrogen-bond donors (Lipinski definition) is 1. The van der Waals surface area contributed by atoms with E-state index < -0.39 is 0 Å². The summed E-state index contributed by atoms with van der Waals surface area (Å²) < 4.78 is 1.43. The highest BCUT2D eigenvalue weighted by Crippen LogP contribution is 2.21. The van der Waals surface area contributed by atoms with Crippen LogP contribution in [0.2, 0.25) is 0 Å². The summed E-state index contributed by atoms with van der Waals surface area (Å²) in [4.78, 5) is 24.6. The number of aromatic nitrogens is 2. The number of amides is 1.